The van der Waals surface area contributed by atoms with Crippen molar-refractivity contribution >= 4 is 5.69 Å². The second kappa shape index (κ2) is 6.60. The maximum atomic E-state index is 12.1. The number of nitrogens with one attached hydrogen (secondary N) is 1. The molecule has 0 aromatic carbocycles. The molecule has 0 bridgehead atoms. The average molecular weight is 298 g/mol. The van der Waals surface area contributed by atoms with Crippen molar-refractivity contribution in [3.63, 3.8) is 0 Å². The van der Waals surface area contributed by atoms with Crippen LogP contribution < -0.4 is 5.32 Å². The lowest BCUT2D eigenvalue weighted by molar-refractivity contribution is -0.135. The molecule has 2 aromatic heterocycles. The molecule has 0 aliphatic rings. The zero-order valence-electron chi connectivity index (χ0n) is 11.6. The predicted molar refractivity (Wildman–Crippen MR) is 74.3 cm³/mol. The minimum absolute atomic E-state index is 0.0373. The fourth-order valence-corrected chi connectivity index (χ4v) is 1.98. The molecular weight excluding hydrogens is 281 g/mol. The number of anilines is 1. The summed E-state index contributed by atoms with van der Waals surface area (Å²) in [4.78, 5) is 4.25. The van der Waals surface area contributed by atoms with Crippen molar-refractivity contribution in [3.05, 3.63) is 36.8 Å². The fourth-order valence-electron chi connectivity index (χ4n) is 1.98. The molecule has 0 aliphatic heterocycles. The third-order valence-corrected chi connectivity index (χ3v) is 3.00. The maximum absolute atomic E-state index is 12.1. The van der Waals surface area contributed by atoms with E-state index in [0.29, 0.717) is 12.2 Å². The zero-order valence-corrected chi connectivity index (χ0v) is 11.6. The Morgan fingerprint density at radius 1 is 1.33 bits per heavy atom. The average Bonchev–Trinajstić information content (AvgIpc) is 2.92. The van der Waals surface area contributed by atoms with Crippen molar-refractivity contribution < 1.29 is 13.2 Å². The second-order valence-electron chi connectivity index (χ2n) is 4.91. The van der Waals surface area contributed by atoms with Crippen molar-refractivity contribution in [2.75, 3.05) is 5.32 Å². The van der Waals surface area contributed by atoms with Crippen LogP contribution in [0.2, 0.25) is 0 Å². The van der Waals surface area contributed by atoms with Crippen LogP contribution in [0.25, 0.3) is 5.82 Å². The molecule has 21 heavy (non-hydrogen) atoms. The molecule has 2 aromatic rings. The summed E-state index contributed by atoms with van der Waals surface area (Å²) in [7, 11) is 0. The van der Waals surface area contributed by atoms with E-state index in [0.717, 1.165) is 5.69 Å². The van der Waals surface area contributed by atoms with Gasteiger partial charge in [0.25, 0.3) is 0 Å². The standard InChI is InChI=1S/C14H17F3N4/c1-11(4-2-7-14(15,16)17)20-12-5-6-13(18-10-12)21-9-3-8-19-21/h3,5-6,8-11,20H,2,4,7H2,1H3. The monoisotopic (exact) mass is 298 g/mol. The lowest BCUT2D eigenvalue weighted by Crippen LogP contribution is -2.17. The van der Waals surface area contributed by atoms with Crippen LogP contribution in [0, 0.1) is 0 Å². The highest BCUT2D eigenvalue weighted by Gasteiger charge is 2.26. The molecule has 4 nitrogen and oxygen atoms in total. The van der Waals surface area contributed by atoms with E-state index in [2.05, 4.69) is 15.4 Å². The SMILES string of the molecule is CC(CCCC(F)(F)F)Nc1ccc(-n2cccn2)nc1. The summed E-state index contributed by atoms with van der Waals surface area (Å²) in [6, 6.07) is 5.41. The van der Waals surface area contributed by atoms with Crippen molar-refractivity contribution in [2.24, 2.45) is 0 Å². The van der Waals surface area contributed by atoms with Gasteiger partial charge in [0, 0.05) is 24.9 Å². The van der Waals surface area contributed by atoms with Gasteiger partial charge >= 0.3 is 6.18 Å². The molecule has 2 rings (SSSR count). The minimum atomic E-state index is -4.08. The summed E-state index contributed by atoms with van der Waals surface area (Å²) >= 11 is 0. The van der Waals surface area contributed by atoms with Crippen LogP contribution in [0.3, 0.4) is 0 Å². The van der Waals surface area contributed by atoms with E-state index < -0.39 is 12.6 Å². The largest absolute Gasteiger partial charge is 0.389 e. The molecule has 0 fully saturated rings. The quantitative estimate of drug-likeness (QED) is 0.882. The number of nitrogens with zero attached hydrogens (tertiary/aromatic N) is 3. The maximum Gasteiger partial charge on any atom is 0.389 e. The Morgan fingerprint density at radius 3 is 2.71 bits per heavy atom. The molecule has 114 valence electrons. The Kier molecular flexibility index (Phi) is 4.82. The summed E-state index contributed by atoms with van der Waals surface area (Å²) < 4.78 is 37.9. The van der Waals surface area contributed by atoms with E-state index in [1.165, 1.54) is 0 Å². The molecule has 0 aliphatic carbocycles. The van der Waals surface area contributed by atoms with Gasteiger partial charge in [-0.05, 0) is 38.0 Å². The number of pyridine rings is 1. The number of hydrogen-bond donors (Lipinski definition) is 1. The lowest BCUT2D eigenvalue weighted by Gasteiger charge is -2.15. The van der Waals surface area contributed by atoms with Crippen LogP contribution >= 0.6 is 0 Å². The van der Waals surface area contributed by atoms with Gasteiger partial charge < -0.3 is 5.32 Å². The van der Waals surface area contributed by atoms with Crippen molar-refractivity contribution in [1.29, 1.82) is 0 Å². The van der Waals surface area contributed by atoms with E-state index >= 15 is 0 Å². The van der Waals surface area contributed by atoms with Gasteiger partial charge in [-0.3, -0.25) is 0 Å². The predicted octanol–water partition coefficient (Wildman–Crippen LogP) is 3.80. The lowest BCUT2D eigenvalue weighted by atomic mass is 10.1. The van der Waals surface area contributed by atoms with Crippen LogP contribution in [0.4, 0.5) is 18.9 Å². The molecule has 0 saturated heterocycles. The number of aromatic nitrogens is 3. The Bertz CT molecular complexity index is 534. The van der Waals surface area contributed by atoms with Crippen LogP contribution in [0.15, 0.2) is 36.8 Å². The highest BCUT2D eigenvalue weighted by Crippen LogP contribution is 2.23. The Hall–Kier alpha value is -2.05. The minimum Gasteiger partial charge on any atom is -0.381 e. The number of rotatable bonds is 6. The molecule has 0 spiro atoms. The van der Waals surface area contributed by atoms with Gasteiger partial charge in [0.15, 0.2) is 5.82 Å². The molecular formula is C14H17F3N4. The summed E-state index contributed by atoms with van der Waals surface area (Å²) in [5.74, 6) is 0.690. The van der Waals surface area contributed by atoms with Gasteiger partial charge in [-0.25, -0.2) is 9.67 Å². The van der Waals surface area contributed by atoms with Crippen LogP contribution in [-0.2, 0) is 0 Å². The highest BCUT2D eigenvalue weighted by atomic mass is 19.4. The highest BCUT2D eigenvalue weighted by molar-refractivity contribution is 5.44. The Labute approximate surface area is 121 Å². The van der Waals surface area contributed by atoms with Gasteiger partial charge in [0.05, 0.1) is 11.9 Å². The first-order valence-electron chi connectivity index (χ1n) is 6.73. The molecule has 1 atom stereocenters. The van der Waals surface area contributed by atoms with Gasteiger partial charge in [-0.1, -0.05) is 0 Å². The van der Waals surface area contributed by atoms with E-state index in [4.69, 9.17) is 0 Å². The molecule has 1 N–H and O–H groups in total. The summed E-state index contributed by atoms with van der Waals surface area (Å²) in [5, 5.41) is 7.21. The normalized spacial score (nSPS) is 13.1. The van der Waals surface area contributed by atoms with E-state index in [1.54, 1.807) is 35.4 Å². The molecule has 2 heterocycles. The number of hydrogen-bond acceptors (Lipinski definition) is 3. The molecule has 1 unspecified atom stereocenters. The van der Waals surface area contributed by atoms with Crippen LogP contribution in [-0.4, -0.2) is 27.0 Å². The van der Waals surface area contributed by atoms with Gasteiger partial charge in [-0.15, -0.1) is 0 Å². The molecule has 0 radical (unpaired) electrons. The number of alkyl halides is 3. The Balaban J connectivity index is 1.83. The fraction of sp³-hybridized carbons (Fsp3) is 0.429. The van der Waals surface area contributed by atoms with Crippen molar-refractivity contribution in [1.82, 2.24) is 14.8 Å². The summed E-state index contributed by atoms with van der Waals surface area (Å²) in [5.41, 5.74) is 0.783. The zero-order chi connectivity index (χ0) is 15.3. The van der Waals surface area contributed by atoms with Crippen molar-refractivity contribution in [2.45, 2.75) is 38.4 Å². The summed E-state index contributed by atoms with van der Waals surface area (Å²) in [6.45, 7) is 1.86. The Morgan fingerprint density at radius 2 is 2.14 bits per heavy atom. The van der Waals surface area contributed by atoms with Gasteiger partial charge in [0.2, 0.25) is 0 Å². The topological polar surface area (TPSA) is 42.7 Å². The van der Waals surface area contributed by atoms with Crippen LogP contribution in [0.1, 0.15) is 26.2 Å². The smallest absolute Gasteiger partial charge is 0.381 e. The second-order valence-corrected chi connectivity index (χ2v) is 4.91. The first kappa shape index (κ1) is 15.3. The van der Waals surface area contributed by atoms with Gasteiger partial charge in [-0.2, -0.15) is 18.3 Å². The number of halogens is 3. The molecule has 0 saturated carbocycles. The first-order chi connectivity index (χ1) is 9.94. The molecule has 0 amide bonds. The third kappa shape index (κ3) is 5.09. The molecule has 7 heteroatoms. The third-order valence-electron chi connectivity index (χ3n) is 3.00. The van der Waals surface area contributed by atoms with E-state index in [-0.39, 0.29) is 12.5 Å². The summed E-state index contributed by atoms with van der Waals surface area (Å²) in [6.07, 6.45) is 0.863. The van der Waals surface area contributed by atoms with E-state index in [1.807, 2.05) is 13.0 Å². The van der Waals surface area contributed by atoms with Gasteiger partial charge in [0.1, 0.15) is 0 Å². The van der Waals surface area contributed by atoms with Crippen LogP contribution in [0.5, 0.6) is 0 Å². The van der Waals surface area contributed by atoms with Crippen molar-refractivity contribution in [3.8, 4) is 5.82 Å². The first-order valence-corrected chi connectivity index (χ1v) is 6.73. The van der Waals surface area contributed by atoms with E-state index in [9.17, 15) is 13.2 Å².